The highest BCUT2D eigenvalue weighted by molar-refractivity contribution is 5.77. The first-order chi connectivity index (χ1) is 6.85. The first-order valence-corrected chi connectivity index (χ1v) is 4.54. The van der Waals surface area contributed by atoms with Gasteiger partial charge in [-0.15, -0.1) is 0 Å². The SMILES string of the molecule is Cc1cc(C=O)c(C)n1CCC(F)(F)F. The lowest BCUT2D eigenvalue weighted by molar-refractivity contribution is -0.136. The number of carbonyl (C=O) groups is 1. The van der Waals surface area contributed by atoms with Crippen molar-refractivity contribution in [3.63, 3.8) is 0 Å². The molecule has 0 unspecified atom stereocenters. The Balaban J connectivity index is 2.86. The molecule has 0 radical (unpaired) electrons. The van der Waals surface area contributed by atoms with E-state index in [0.717, 1.165) is 0 Å². The Bertz CT molecular complexity index is 365. The van der Waals surface area contributed by atoms with E-state index in [9.17, 15) is 18.0 Å². The van der Waals surface area contributed by atoms with Crippen LogP contribution in [0.1, 0.15) is 28.2 Å². The van der Waals surface area contributed by atoms with Crippen LogP contribution < -0.4 is 0 Å². The maximum absolute atomic E-state index is 12.0. The molecule has 1 aromatic heterocycles. The van der Waals surface area contributed by atoms with Crippen molar-refractivity contribution in [1.29, 1.82) is 0 Å². The van der Waals surface area contributed by atoms with Crippen LogP contribution in [0.3, 0.4) is 0 Å². The number of aromatic nitrogens is 1. The summed E-state index contributed by atoms with van der Waals surface area (Å²) in [6.45, 7) is 3.21. The monoisotopic (exact) mass is 219 g/mol. The molecule has 15 heavy (non-hydrogen) atoms. The van der Waals surface area contributed by atoms with Crippen LogP contribution in [0, 0.1) is 13.8 Å². The van der Waals surface area contributed by atoms with Gasteiger partial charge in [0.1, 0.15) is 0 Å². The van der Waals surface area contributed by atoms with Gasteiger partial charge >= 0.3 is 6.18 Å². The molecule has 0 bridgehead atoms. The zero-order valence-electron chi connectivity index (χ0n) is 8.56. The Kier molecular flexibility index (Phi) is 3.21. The number of carbonyl (C=O) groups excluding carboxylic acids is 1. The van der Waals surface area contributed by atoms with E-state index in [1.54, 1.807) is 19.9 Å². The quantitative estimate of drug-likeness (QED) is 0.716. The van der Waals surface area contributed by atoms with E-state index >= 15 is 0 Å². The van der Waals surface area contributed by atoms with E-state index in [1.807, 2.05) is 0 Å². The van der Waals surface area contributed by atoms with Crippen LogP contribution in [0.2, 0.25) is 0 Å². The number of halogens is 3. The Morgan fingerprint density at radius 1 is 1.40 bits per heavy atom. The van der Waals surface area contributed by atoms with Crippen LogP contribution in [-0.2, 0) is 6.54 Å². The molecule has 0 saturated heterocycles. The summed E-state index contributed by atoms with van der Waals surface area (Å²) in [4.78, 5) is 10.6. The lowest BCUT2D eigenvalue weighted by Crippen LogP contribution is -2.13. The van der Waals surface area contributed by atoms with Crippen LogP contribution >= 0.6 is 0 Å². The van der Waals surface area contributed by atoms with Crippen molar-refractivity contribution >= 4 is 6.29 Å². The lowest BCUT2D eigenvalue weighted by atomic mass is 10.3. The summed E-state index contributed by atoms with van der Waals surface area (Å²) in [5.74, 6) is 0. The predicted molar refractivity (Wildman–Crippen MR) is 50.0 cm³/mol. The molecule has 0 aromatic carbocycles. The fourth-order valence-corrected chi connectivity index (χ4v) is 1.53. The van der Waals surface area contributed by atoms with Crippen molar-refractivity contribution in [3.8, 4) is 0 Å². The summed E-state index contributed by atoms with van der Waals surface area (Å²) in [6.07, 6.45) is -4.38. The van der Waals surface area contributed by atoms with E-state index in [-0.39, 0.29) is 6.54 Å². The van der Waals surface area contributed by atoms with Crippen molar-refractivity contribution < 1.29 is 18.0 Å². The summed E-state index contributed by atoms with van der Waals surface area (Å²) in [5.41, 5.74) is 1.72. The molecule has 1 rings (SSSR count). The second kappa shape index (κ2) is 4.08. The maximum atomic E-state index is 12.0. The Labute approximate surface area is 85.7 Å². The first-order valence-electron chi connectivity index (χ1n) is 4.54. The molecule has 0 aliphatic heterocycles. The van der Waals surface area contributed by atoms with Crippen LogP contribution in [0.15, 0.2) is 6.07 Å². The minimum absolute atomic E-state index is 0.130. The van der Waals surface area contributed by atoms with Gasteiger partial charge in [0.15, 0.2) is 6.29 Å². The van der Waals surface area contributed by atoms with Crippen molar-refractivity contribution in [2.75, 3.05) is 0 Å². The van der Waals surface area contributed by atoms with Gasteiger partial charge in [0, 0.05) is 23.5 Å². The molecule has 2 nitrogen and oxygen atoms in total. The molecule has 0 aliphatic carbocycles. The van der Waals surface area contributed by atoms with Crippen molar-refractivity contribution in [2.45, 2.75) is 33.0 Å². The zero-order chi connectivity index (χ0) is 11.6. The van der Waals surface area contributed by atoms with Gasteiger partial charge in [0.25, 0.3) is 0 Å². The highest BCUT2D eigenvalue weighted by Crippen LogP contribution is 2.22. The summed E-state index contributed by atoms with van der Waals surface area (Å²) in [7, 11) is 0. The number of aryl methyl sites for hydroxylation is 1. The predicted octanol–water partition coefficient (Wildman–Crippen LogP) is 2.87. The van der Waals surface area contributed by atoms with E-state index in [2.05, 4.69) is 0 Å². The number of nitrogens with zero attached hydrogens (tertiary/aromatic N) is 1. The number of hydrogen-bond acceptors (Lipinski definition) is 1. The average Bonchev–Trinajstić information content (AvgIpc) is 2.37. The number of aldehydes is 1. The van der Waals surface area contributed by atoms with Crippen molar-refractivity contribution in [2.24, 2.45) is 0 Å². The average molecular weight is 219 g/mol. The molecule has 0 aliphatic rings. The van der Waals surface area contributed by atoms with Gasteiger partial charge in [0.05, 0.1) is 6.42 Å². The van der Waals surface area contributed by atoms with E-state index in [4.69, 9.17) is 0 Å². The van der Waals surface area contributed by atoms with Crippen LogP contribution in [-0.4, -0.2) is 17.0 Å². The van der Waals surface area contributed by atoms with Gasteiger partial charge in [-0.25, -0.2) is 0 Å². The van der Waals surface area contributed by atoms with E-state index in [1.165, 1.54) is 4.57 Å². The lowest BCUT2D eigenvalue weighted by Gasteiger charge is -2.11. The standard InChI is InChI=1S/C10H12F3NO/c1-7-5-9(6-15)8(2)14(7)4-3-10(11,12)13/h5-6H,3-4H2,1-2H3. The van der Waals surface area contributed by atoms with E-state index in [0.29, 0.717) is 23.2 Å². The number of alkyl halides is 3. The van der Waals surface area contributed by atoms with Gasteiger partial charge in [-0.05, 0) is 19.9 Å². The highest BCUT2D eigenvalue weighted by atomic mass is 19.4. The van der Waals surface area contributed by atoms with Gasteiger partial charge in [-0.1, -0.05) is 0 Å². The molecule has 0 N–H and O–H groups in total. The molecule has 84 valence electrons. The van der Waals surface area contributed by atoms with Crippen molar-refractivity contribution in [3.05, 3.63) is 23.0 Å². The smallest absolute Gasteiger partial charge is 0.348 e. The Morgan fingerprint density at radius 3 is 2.40 bits per heavy atom. The summed E-state index contributed by atoms with van der Waals surface area (Å²) >= 11 is 0. The molecule has 0 amide bonds. The summed E-state index contributed by atoms with van der Waals surface area (Å²) in [5, 5.41) is 0. The molecule has 5 heteroatoms. The molecule has 0 fully saturated rings. The molecule has 1 heterocycles. The minimum atomic E-state index is -4.16. The molecular formula is C10H12F3NO. The fourth-order valence-electron chi connectivity index (χ4n) is 1.53. The number of rotatable bonds is 3. The third kappa shape index (κ3) is 2.84. The normalized spacial score (nSPS) is 11.8. The molecular weight excluding hydrogens is 207 g/mol. The van der Waals surface area contributed by atoms with Crippen molar-refractivity contribution in [1.82, 2.24) is 4.57 Å². The van der Waals surface area contributed by atoms with Gasteiger partial charge in [-0.3, -0.25) is 4.79 Å². The van der Waals surface area contributed by atoms with Crippen LogP contribution in [0.5, 0.6) is 0 Å². The van der Waals surface area contributed by atoms with Gasteiger partial charge in [-0.2, -0.15) is 13.2 Å². The molecule has 0 saturated carbocycles. The van der Waals surface area contributed by atoms with Gasteiger partial charge in [0.2, 0.25) is 0 Å². The number of hydrogen-bond donors (Lipinski definition) is 0. The van der Waals surface area contributed by atoms with Crippen LogP contribution in [0.25, 0.3) is 0 Å². The minimum Gasteiger partial charge on any atom is -0.348 e. The second-order valence-electron chi connectivity index (χ2n) is 3.46. The largest absolute Gasteiger partial charge is 0.390 e. The zero-order valence-corrected chi connectivity index (χ0v) is 8.56. The highest BCUT2D eigenvalue weighted by Gasteiger charge is 2.27. The summed E-state index contributed by atoms with van der Waals surface area (Å²) < 4.78 is 37.5. The maximum Gasteiger partial charge on any atom is 0.390 e. The fraction of sp³-hybridized carbons (Fsp3) is 0.500. The van der Waals surface area contributed by atoms with Gasteiger partial charge < -0.3 is 4.57 Å². The molecule has 1 aromatic rings. The third-order valence-electron chi connectivity index (χ3n) is 2.36. The third-order valence-corrected chi connectivity index (χ3v) is 2.36. The van der Waals surface area contributed by atoms with E-state index < -0.39 is 12.6 Å². The molecule has 0 spiro atoms. The topological polar surface area (TPSA) is 22.0 Å². The molecule has 0 atom stereocenters. The Morgan fingerprint density at radius 2 is 2.00 bits per heavy atom. The second-order valence-corrected chi connectivity index (χ2v) is 3.46. The van der Waals surface area contributed by atoms with Crippen LogP contribution in [0.4, 0.5) is 13.2 Å². The first kappa shape index (κ1) is 11.8. The Hall–Kier alpha value is -1.26. The summed E-state index contributed by atoms with van der Waals surface area (Å²) in [6, 6.07) is 1.60.